The minimum absolute atomic E-state index is 0.104. The summed E-state index contributed by atoms with van der Waals surface area (Å²) < 4.78 is 35.4. The van der Waals surface area contributed by atoms with Gasteiger partial charge >= 0.3 is 10.1 Å². The van der Waals surface area contributed by atoms with Crippen LogP contribution in [0.4, 0.5) is 11.4 Å². The Hall–Kier alpha value is -2.74. The lowest BCUT2D eigenvalue weighted by molar-refractivity contribution is -0.114. The van der Waals surface area contributed by atoms with E-state index < -0.39 is 10.1 Å². The van der Waals surface area contributed by atoms with E-state index in [0.29, 0.717) is 18.0 Å². The molecule has 0 spiro atoms. The average molecular weight is 378 g/mol. The monoisotopic (exact) mass is 378 g/mol. The number of hydrogen-bond acceptors (Lipinski definition) is 6. The van der Waals surface area contributed by atoms with Crippen LogP contribution < -0.4 is 20.0 Å². The van der Waals surface area contributed by atoms with Gasteiger partial charge in [-0.25, -0.2) is 0 Å². The van der Waals surface area contributed by atoms with Crippen LogP contribution in [0.3, 0.4) is 0 Å². The number of nitrogen functional groups attached to an aromatic ring is 1. The number of carbonyl (C=O) groups is 1. The van der Waals surface area contributed by atoms with E-state index in [0.717, 1.165) is 12.8 Å². The van der Waals surface area contributed by atoms with E-state index in [1.807, 2.05) is 0 Å². The van der Waals surface area contributed by atoms with E-state index in [1.54, 1.807) is 12.1 Å². The van der Waals surface area contributed by atoms with Crippen LogP contribution in [0.1, 0.15) is 26.7 Å². The molecular weight excluding hydrogens is 356 g/mol. The lowest BCUT2D eigenvalue weighted by atomic mass is 10.2. The number of anilines is 2. The van der Waals surface area contributed by atoms with Crippen molar-refractivity contribution in [1.29, 1.82) is 0 Å². The normalized spacial score (nSPS) is 11.0. The van der Waals surface area contributed by atoms with Gasteiger partial charge in [0.25, 0.3) is 0 Å². The first-order valence-corrected chi connectivity index (χ1v) is 9.57. The molecule has 0 unspecified atom stereocenters. The van der Waals surface area contributed by atoms with Gasteiger partial charge in [0, 0.05) is 6.92 Å². The van der Waals surface area contributed by atoms with Crippen molar-refractivity contribution < 1.29 is 22.1 Å². The molecule has 0 radical (unpaired) electrons. The van der Waals surface area contributed by atoms with Crippen molar-refractivity contribution >= 4 is 27.4 Å². The van der Waals surface area contributed by atoms with E-state index in [-0.39, 0.29) is 22.2 Å². The maximum Gasteiger partial charge on any atom is 0.339 e. The molecule has 0 bridgehead atoms. The van der Waals surface area contributed by atoms with Gasteiger partial charge in [0.1, 0.15) is 16.4 Å². The minimum Gasteiger partial charge on any atom is -0.494 e. The number of ether oxygens (including phenoxy) is 1. The van der Waals surface area contributed by atoms with Crippen molar-refractivity contribution in [3.05, 3.63) is 42.5 Å². The number of benzene rings is 2. The fraction of sp³-hybridized carbons (Fsp3) is 0.278. The van der Waals surface area contributed by atoms with Gasteiger partial charge < -0.3 is 20.0 Å². The molecule has 3 N–H and O–H groups in total. The van der Waals surface area contributed by atoms with Crippen LogP contribution >= 0.6 is 0 Å². The van der Waals surface area contributed by atoms with Crippen molar-refractivity contribution in [2.45, 2.75) is 31.6 Å². The molecule has 0 fully saturated rings. The molecule has 2 aromatic rings. The van der Waals surface area contributed by atoms with E-state index >= 15 is 0 Å². The largest absolute Gasteiger partial charge is 0.494 e. The van der Waals surface area contributed by atoms with Gasteiger partial charge in [-0.2, -0.15) is 8.42 Å². The third kappa shape index (κ3) is 5.38. The van der Waals surface area contributed by atoms with Crippen LogP contribution in [-0.4, -0.2) is 20.9 Å². The molecule has 0 aliphatic carbocycles. The quantitative estimate of drug-likeness (QED) is 0.415. The molecule has 0 atom stereocenters. The summed E-state index contributed by atoms with van der Waals surface area (Å²) in [6.45, 7) is 4.01. The number of unbranched alkanes of at least 4 members (excludes halogenated alkanes) is 1. The Labute approximate surface area is 153 Å². The average Bonchev–Trinajstić information content (AvgIpc) is 2.58. The Morgan fingerprint density at radius 1 is 1.12 bits per heavy atom. The van der Waals surface area contributed by atoms with Crippen LogP contribution in [0, 0.1) is 0 Å². The summed E-state index contributed by atoms with van der Waals surface area (Å²) in [7, 11) is -4.05. The second kappa shape index (κ2) is 8.57. The van der Waals surface area contributed by atoms with Crippen molar-refractivity contribution in [3.8, 4) is 11.5 Å². The predicted octanol–water partition coefficient (Wildman–Crippen LogP) is 3.17. The van der Waals surface area contributed by atoms with Gasteiger partial charge in [0.15, 0.2) is 0 Å². The van der Waals surface area contributed by atoms with Gasteiger partial charge in [-0.05, 0) is 48.9 Å². The molecule has 0 saturated carbocycles. The Bertz CT molecular complexity index is 864. The second-order valence-electron chi connectivity index (χ2n) is 5.64. The predicted molar refractivity (Wildman–Crippen MR) is 99.8 cm³/mol. The summed E-state index contributed by atoms with van der Waals surface area (Å²) >= 11 is 0. The first-order chi connectivity index (χ1) is 12.3. The molecule has 8 heteroatoms. The maximum absolute atomic E-state index is 12.4. The summed E-state index contributed by atoms with van der Waals surface area (Å²) in [6.07, 6.45) is 1.98. The summed E-state index contributed by atoms with van der Waals surface area (Å²) in [5, 5.41) is 2.52. The van der Waals surface area contributed by atoms with Gasteiger partial charge in [0.05, 0.1) is 18.0 Å². The fourth-order valence-corrected chi connectivity index (χ4v) is 3.07. The first-order valence-electron chi connectivity index (χ1n) is 8.16. The van der Waals surface area contributed by atoms with Crippen LogP contribution in [0.5, 0.6) is 11.5 Å². The summed E-state index contributed by atoms with van der Waals surface area (Å²) in [5.41, 5.74) is 6.25. The Morgan fingerprint density at radius 3 is 2.35 bits per heavy atom. The Morgan fingerprint density at radius 2 is 1.77 bits per heavy atom. The zero-order valence-electron chi connectivity index (χ0n) is 14.7. The molecule has 1 amide bonds. The molecule has 0 saturated heterocycles. The van der Waals surface area contributed by atoms with E-state index in [1.165, 1.54) is 37.3 Å². The van der Waals surface area contributed by atoms with Crippen LogP contribution in [0.2, 0.25) is 0 Å². The zero-order chi connectivity index (χ0) is 19.2. The van der Waals surface area contributed by atoms with Crippen molar-refractivity contribution in [1.82, 2.24) is 0 Å². The highest BCUT2D eigenvalue weighted by Gasteiger charge is 2.18. The summed E-state index contributed by atoms with van der Waals surface area (Å²) in [6, 6.07) is 10.3. The number of rotatable bonds is 8. The molecule has 2 aromatic carbocycles. The van der Waals surface area contributed by atoms with Crippen molar-refractivity contribution in [3.63, 3.8) is 0 Å². The van der Waals surface area contributed by atoms with E-state index in [9.17, 15) is 13.2 Å². The second-order valence-corrected chi connectivity index (χ2v) is 7.19. The smallest absolute Gasteiger partial charge is 0.339 e. The Balaban J connectivity index is 2.10. The number of carbonyl (C=O) groups excluding carboxylic acids is 1. The van der Waals surface area contributed by atoms with E-state index in [2.05, 4.69) is 12.2 Å². The number of nitrogens with two attached hydrogens (primary N) is 1. The molecule has 0 aliphatic heterocycles. The van der Waals surface area contributed by atoms with Gasteiger partial charge in [-0.3, -0.25) is 4.79 Å². The van der Waals surface area contributed by atoms with Gasteiger partial charge in [-0.15, -0.1) is 0 Å². The van der Waals surface area contributed by atoms with Gasteiger partial charge in [0.2, 0.25) is 5.91 Å². The number of nitrogens with one attached hydrogen (secondary N) is 1. The molecule has 7 nitrogen and oxygen atoms in total. The fourth-order valence-electron chi connectivity index (χ4n) is 2.10. The third-order valence-electron chi connectivity index (χ3n) is 3.42. The highest BCUT2D eigenvalue weighted by atomic mass is 32.2. The number of hydrogen-bond donors (Lipinski definition) is 2. The highest BCUT2D eigenvalue weighted by Crippen LogP contribution is 2.26. The number of amides is 1. The molecule has 0 heterocycles. The van der Waals surface area contributed by atoms with Crippen molar-refractivity contribution in [2.24, 2.45) is 0 Å². The molecule has 0 aliphatic rings. The molecular formula is C18H22N2O5S. The molecule has 2 rings (SSSR count). The summed E-state index contributed by atoms with van der Waals surface area (Å²) in [5.74, 6) is 0.509. The van der Waals surface area contributed by atoms with Crippen molar-refractivity contribution in [2.75, 3.05) is 17.7 Å². The molecule has 0 aromatic heterocycles. The maximum atomic E-state index is 12.4. The molecule has 140 valence electrons. The standard InChI is InChI=1S/C18H22N2O5S/c1-3-4-11-24-14-5-7-15(8-6-14)25-26(22,23)16-9-10-18(17(19)12-16)20-13(2)21/h5-10,12H,3-4,11,19H2,1-2H3,(H,20,21). The SMILES string of the molecule is CCCCOc1ccc(OS(=O)(=O)c2ccc(NC(C)=O)c(N)c2)cc1. The van der Waals surface area contributed by atoms with Gasteiger partial charge in [-0.1, -0.05) is 13.3 Å². The lowest BCUT2D eigenvalue weighted by Gasteiger charge is -2.11. The third-order valence-corrected chi connectivity index (χ3v) is 4.66. The zero-order valence-corrected chi connectivity index (χ0v) is 15.5. The lowest BCUT2D eigenvalue weighted by Crippen LogP contribution is -2.12. The van der Waals surface area contributed by atoms with Crippen LogP contribution in [0.25, 0.3) is 0 Å². The van der Waals surface area contributed by atoms with Crippen LogP contribution in [-0.2, 0) is 14.9 Å². The van der Waals surface area contributed by atoms with Crippen LogP contribution in [0.15, 0.2) is 47.4 Å². The summed E-state index contributed by atoms with van der Waals surface area (Å²) in [4.78, 5) is 11.0. The topological polar surface area (TPSA) is 108 Å². The first kappa shape index (κ1) is 19.6. The Kier molecular flexibility index (Phi) is 6.46. The molecule has 26 heavy (non-hydrogen) atoms. The van der Waals surface area contributed by atoms with E-state index in [4.69, 9.17) is 14.7 Å². The highest BCUT2D eigenvalue weighted by molar-refractivity contribution is 7.87. The minimum atomic E-state index is -4.05.